The molecule has 1 amide bonds. The molecule has 20 heavy (non-hydrogen) atoms. The number of hydrogen-bond donors (Lipinski definition) is 2. The van der Waals surface area contributed by atoms with Crippen LogP contribution in [0, 0.1) is 5.92 Å². The van der Waals surface area contributed by atoms with E-state index in [0.717, 1.165) is 32.5 Å². The van der Waals surface area contributed by atoms with Crippen molar-refractivity contribution < 1.29 is 4.79 Å². The molecule has 2 fully saturated rings. The van der Waals surface area contributed by atoms with Crippen LogP contribution in [0.15, 0.2) is 23.1 Å². The number of pyridine rings is 1. The fourth-order valence-corrected chi connectivity index (χ4v) is 3.34. The molecule has 2 N–H and O–H groups in total. The van der Waals surface area contributed by atoms with Gasteiger partial charge in [-0.05, 0) is 44.2 Å². The van der Waals surface area contributed by atoms with Gasteiger partial charge in [-0.2, -0.15) is 0 Å². The number of aromatic amines is 1. The Hall–Kier alpha value is -1.62. The van der Waals surface area contributed by atoms with Crippen LogP contribution in [0.2, 0.25) is 0 Å². The van der Waals surface area contributed by atoms with Gasteiger partial charge < -0.3 is 15.2 Å². The summed E-state index contributed by atoms with van der Waals surface area (Å²) in [4.78, 5) is 27.8. The van der Waals surface area contributed by atoms with Crippen molar-refractivity contribution in [1.29, 1.82) is 0 Å². The van der Waals surface area contributed by atoms with E-state index in [1.54, 1.807) is 6.07 Å². The normalized spacial score (nSPS) is 24.0. The first-order valence-electron chi connectivity index (χ1n) is 7.45. The fourth-order valence-electron chi connectivity index (χ4n) is 3.34. The number of carbonyl (C=O) groups is 1. The standard InChI is InChI=1S/C15H21N3O2/c19-14-4-3-12(10-17-14)15(20)18-8-5-11(6-9-18)13-2-1-7-16-13/h3-4,10-11,13,16H,1-2,5-9H2,(H,17,19). The molecule has 3 rings (SSSR count). The molecular formula is C15H21N3O2. The van der Waals surface area contributed by atoms with Crippen LogP contribution in [0.5, 0.6) is 0 Å². The molecule has 0 radical (unpaired) electrons. The zero-order chi connectivity index (χ0) is 13.9. The lowest BCUT2D eigenvalue weighted by molar-refractivity contribution is 0.0674. The Morgan fingerprint density at radius 3 is 2.60 bits per heavy atom. The van der Waals surface area contributed by atoms with Gasteiger partial charge in [0.15, 0.2) is 0 Å². The number of hydrogen-bond acceptors (Lipinski definition) is 3. The van der Waals surface area contributed by atoms with Gasteiger partial charge in [-0.15, -0.1) is 0 Å². The predicted octanol–water partition coefficient (Wildman–Crippen LogP) is 0.979. The smallest absolute Gasteiger partial charge is 0.255 e. The molecule has 0 spiro atoms. The number of piperidine rings is 1. The van der Waals surface area contributed by atoms with Crippen molar-refractivity contribution >= 4 is 5.91 Å². The van der Waals surface area contributed by atoms with Crippen LogP contribution in [0.1, 0.15) is 36.0 Å². The van der Waals surface area contributed by atoms with Crippen LogP contribution in [-0.4, -0.2) is 41.5 Å². The second-order valence-corrected chi connectivity index (χ2v) is 5.77. The van der Waals surface area contributed by atoms with E-state index in [2.05, 4.69) is 10.3 Å². The van der Waals surface area contributed by atoms with Crippen LogP contribution >= 0.6 is 0 Å². The second-order valence-electron chi connectivity index (χ2n) is 5.77. The highest BCUT2D eigenvalue weighted by molar-refractivity contribution is 5.93. The maximum atomic E-state index is 12.3. The van der Waals surface area contributed by atoms with E-state index >= 15 is 0 Å². The van der Waals surface area contributed by atoms with Crippen molar-refractivity contribution in [2.75, 3.05) is 19.6 Å². The van der Waals surface area contributed by atoms with Crippen LogP contribution in [0.3, 0.4) is 0 Å². The lowest BCUT2D eigenvalue weighted by Gasteiger charge is -2.34. The lowest BCUT2D eigenvalue weighted by atomic mass is 9.88. The zero-order valence-electron chi connectivity index (χ0n) is 11.6. The summed E-state index contributed by atoms with van der Waals surface area (Å²) in [7, 11) is 0. The van der Waals surface area contributed by atoms with Gasteiger partial charge in [0.05, 0.1) is 5.56 Å². The van der Waals surface area contributed by atoms with Gasteiger partial charge in [0, 0.05) is 31.4 Å². The number of H-pyrrole nitrogens is 1. The van der Waals surface area contributed by atoms with E-state index in [9.17, 15) is 9.59 Å². The molecule has 2 saturated heterocycles. The van der Waals surface area contributed by atoms with Crippen molar-refractivity contribution in [2.45, 2.75) is 31.7 Å². The Balaban J connectivity index is 1.58. The summed E-state index contributed by atoms with van der Waals surface area (Å²) in [5, 5.41) is 3.57. The third kappa shape index (κ3) is 2.77. The molecule has 1 atom stereocenters. The molecule has 1 aromatic heterocycles. The topological polar surface area (TPSA) is 65.2 Å². The lowest BCUT2D eigenvalue weighted by Crippen LogP contribution is -2.43. The van der Waals surface area contributed by atoms with E-state index in [-0.39, 0.29) is 11.5 Å². The third-order valence-electron chi connectivity index (χ3n) is 4.53. The summed E-state index contributed by atoms with van der Waals surface area (Å²) in [6.45, 7) is 2.78. The van der Waals surface area contributed by atoms with Gasteiger partial charge in [0.2, 0.25) is 5.56 Å². The first-order chi connectivity index (χ1) is 9.74. The fraction of sp³-hybridized carbons (Fsp3) is 0.600. The number of nitrogens with zero attached hydrogens (tertiary/aromatic N) is 1. The van der Waals surface area contributed by atoms with Gasteiger partial charge in [0.25, 0.3) is 5.91 Å². The summed E-state index contributed by atoms with van der Waals surface area (Å²) in [5.74, 6) is 0.733. The molecule has 5 heteroatoms. The highest BCUT2D eigenvalue weighted by Gasteiger charge is 2.30. The Morgan fingerprint density at radius 2 is 2.00 bits per heavy atom. The van der Waals surface area contributed by atoms with E-state index in [0.29, 0.717) is 17.5 Å². The van der Waals surface area contributed by atoms with Crippen molar-refractivity contribution in [3.63, 3.8) is 0 Å². The van der Waals surface area contributed by atoms with Crippen molar-refractivity contribution in [2.24, 2.45) is 5.92 Å². The summed E-state index contributed by atoms with van der Waals surface area (Å²) in [6.07, 6.45) is 6.22. The number of aromatic nitrogens is 1. The average Bonchev–Trinajstić information content (AvgIpc) is 3.02. The summed E-state index contributed by atoms with van der Waals surface area (Å²) in [6, 6.07) is 3.66. The molecule has 1 unspecified atom stereocenters. The van der Waals surface area contributed by atoms with Gasteiger partial charge in [-0.1, -0.05) is 0 Å². The van der Waals surface area contributed by atoms with E-state index in [1.807, 2.05) is 4.90 Å². The third-order valence-corrected chi connectivity index (χ3v) is 4.53. The van der Waals surface area contributed by atoms with E-state index < -0.39 is 0 Å². The van der Waals surface area contributed by atoms with Crippen LogP contribution < -0.4 is 10.9 Å². The molecular weight excluding hydrogens is 254 g/mol. The maximum Gasteiger partial charge on any atom is 0.255 e. The average molecular weight is 275 g/mol. The minimum absolute atomic E-state index is 0.0269. The number of rotatable bonds is 2. The molecule has 0 aromatic carbocycles. The van der Waals surface area contributed by atoms with Gasteiger partial charge in [0.1, 0.15) is 0 Å². The van der Waals surface area contributed by atoms with Gasteiger partial charge in [-0.3, -0.25) is 9.59 Å². The highest BCUT2D eigenvalue weighted by atomic mass is 16.2. The molecule has 0 saturated carbocycles. The maximum absolute atomic E-state index is 12.3. The molecule has 108 valence electrons. The second kappa shape index (κ2) is 5.79. The monoisotopic (exact) mass is 275 g/mol. The first kappa shape index (κ1) is 13.4. The number of nitrogens with one attached hydrogen (secondary N) is 2. The number of likely N-dealkylation sites (tertiary alicyclic amines) is 1. The molecule has 0 bridgehead atoms. The Bertz CT molecular complexity index is 506. The molecule has 3 heterocycles. The molecule has 2 aliphatic heterocycles. The SMILES string of the molecule is O=C(c1ccc(=O)[nH]c1)N1CCC(C2CCCN2)CC1. The molecule has 5 nitrogen and oxygen atoms in total. The molecule has 1 aromatic rings. The number of amides is 1. The molecule has 2 aliphatic rings. The number of carbonyl (C=O) groups excluding carboxylic acids is 1. The van der Waals surface area contributed by atoms with Crippen molar-refractivity contribution in [3.05, 3.63) is 34.2 Å². The summed E-state index contributed by atoms with van der Waals surface area (Å²) < 4.78 is 0. The minimum Gasteiger partial charge on any atom is -0.339 e. The Morgan fingerprint density at radius 1 is 1.20 bits per heavy atom. The van der Waals surface area contributed by atoms with E-state index in [4.69, 9.17) is 0 Å². The predicted molar refractivity (Wildman–Crippen MR) is 76.7 cm³/mol. The minimum atomic E-state index is -0.174. The quantitative estimate of drug-likeness (QED) is 0.845. The molecule has 0 aliphatic carbocycles. The first-order valence-corrected chi connectivity index (χ1v) is 7.45. The van der Waals surface area contributed by atoms with E-state index in [1.165, 1.54) is 25.1 Å². The summed E-state index contributed by atoms with van der Waals surface area (Å²) >= 11 is 0. The van der Waals surface area contributed by atoms with Crippen LogP contribution in [0.4, 0.5) is 0 Å². The van der Waals surface area contributed by atoms with Gasteiger partial charge in [-0.25, -0.2) is 0 Å². The summed E-state index contributed by atoms with van der Waals surface area (Å²) in [5.41, 5.74) is 0.398. The van der Waals surface area contributed by atoms with Crippen molar-refractivity contribution in [1.82, 2.24) is 15.2 Å². The largest absolute Gasteiger partial charge is 0.339 e. The Labute approximate surface area is 118 Å². The van der Waals surface area contributed by atoms with Crippen LogP contribution in [0.25, 0.3) is 0 Å². The van der Waals surface area contributed by atoms with Crippen LogP contribution in [-0.2, 0) is 0 Å². The van der Waals surface area contributed by atoms with Gasteiger partial charge >= 0.3 is 0 Å². The zero-order valence-corrected chi connectivity index (χ0v) is 11.6. The Kier molecular flexibility index (Phi) is 3.87. The van der Waals surface area contributed by atoms with Crippen molar-refractivity contribution in [3.8, 4) is 0 Å². The highest BCUT2D eigenvalue weighted by Crippen LogP contribution is 2.26.